The minimum atomic E-state index is -0.418. The Hall–Kier alpha value is -2.68. The fourth-order valence-electron chi connectivity index (χ4n) is 5.34. The zero-order valence-corrected chi connectivity index (χ0v) is 20.9. The van der Waals surface area contributed by atoms with Crippen molar-refractivity contribution in [3.05, 3.63) is 47.5 Å². The van der Waals surface area contributed by atoms with Gasteiger partial charge in [-0.25, -0.2) is 14.4 Å². The normalized spacial score (nSPS) is 20.7. The van der Waals surface area contributed by atoms with E-state index in [9.17, 15) is 4.39 Å². The maximum absolute atomic E-state index is 14.3. The number of nitrogens with zero attached hydrogens (tertiary/aromatic N) is 4. The number of rotatable bonds is 8. The Balaban J connectivity index is 1.26. The van der Waals surface area contributed by atoms with E-state index in [0.29, 0.717) is 45.3 Å². The third-order valence-electron chi connectivity index (χ3n) is 7.13. The molecular formula is C26H31ClFN5O2. The second-order valence-electron chi connectivity index (χ2n) is 9.71. The number of halogens is 2. The van der Waals surface area contributed by atoms with Crippen LogP contribution in [0.15, 0.2) is 36.7 Å². The minimum Gasteiger partial charge on any atom is -0.493 e. The van der Waals surface area contributed by atoms with Gasteiger partial charge in [0.05, 0.1) is 24.9 Å². The lowest BCUT2D eigenvalue weighted by Crippen LogP contribution is -2.30. The first-order valence-corrected chi connectivity index (χ1v) is 12.4. The van der Waals surface area contributed by atoms with Gasteiger partial charge in [0.2, 0.25) is 0 Å². The Labute approximate surface area is 210 Å². The van der Waals surface area contributed by atoms with Crippen LogP contribution in [0.5, 0.6) is 11.5 Å². The summed E-state index contributed by atoms with van der Waals surface area (Å²) in [6, 6.07) is 8.01. The molecular weight excluding hydrogens is 469 g/mol. The van der Waals surface area contributed by atoms with Gasteiger partial charge in [0.15, 0.2) is 11.5 Å². The van der Waals surface area contributed by atoms with Crippen LogP contribution >= 0.6 is 11.6 Å². The summed E-state index contributed by atoms with van der Waals surface area (Å²) in [5, 5.41) is 4.17. The maximum atomic E-state index is 14.3. The SMILES string of the molecule is COc1cc2ncnc(Nc3cc(Cl)ccc3F)c2cc1OCCCN1CCC2(CCN(C)C2)C1. The van der Waals surface area contributed by atoms with E-state index in [-0.39, 0.29) is 5.69 Å². The summed E-state index contributed by atoms with van der Waals surface area (Å²) in [6.45, 7) is 6.37. The van der Waals surface area contributed by atoms with Gasteiger partial charge in [-0.3, -0.25) is 0 Å². The zero-order chi connectivity index (χ0) is 24.4. The summed E-state index contributed by atoms with van der Waals surface area (Å²) in [4.78, 5) is 13.7. The molecule has 5 rings (SSSR count). The molecule has 186 valence electrons. The van der Waals surface area contributed by atoms with Gasteiger partial charge in [-0.1, -0.05) is 11.6 Å². The lowest BCUT2D eigenvalue weighted by molar-refractivity contribution is 0.229. The van der Waals surface area contributed by atoms with E-state index >= 15 is 0 Å². The lowest BCUT2D eigenvalue weighted by atomic mass is 9.86. The highest BCUT2D eigenvalue weighted by Gasteiger charge is 2.41. The molecule has 2 fully saturated rings. The van der Waals surface area contributed by atoms with Crippen LogP contribution in [0.3, 0.4) is 0 Å². The van der Waals surface area contributed by atoms with Crippen molar-refractivity contribution >= 4 is 34.0 Å². The van der Waals surface area contributed by atoms with Crippen LogP contribution < -0.4 is 14.8 Å². The van der Waals surface area contributed by atoms with Gasteiger partial charge in [0.25, 0.3) is 0 Å². The number of methoxy groups -OCH3 is 1. The van der Waals surface area contributed by atoms with Gasteiger partial charge in [0, 0.05) is 36.1 Å². The highest BCUT2D eigenvalue weighted by Crippen LogP contribution is 2.39. The molecule has 3 heterocycles. The van der Waals surface area contributed by atoms with Crippen LogP contribution in [0.25, 0.3) is 10.9 Å². The molecule has 2 aliphatic rings. The smallest absolute Gasteiger partial charge is 0.162 e. The Bertz CT molecular complexity index is 1210. The van der Waals surface area contributed by atoms with Crippen LogP contribution in [0, 0.1) is 11.2 Å². The summed E-state index contributed by atoms with van der Waals surface area (Å²) >= 11 is 6.04. The predicted octanol–water partition coefficient (Wildman–Crippen LogP) is 4.97. The Morgan fingerprint density at radius 1 is 1.11 bits per heavy atom. The molecule has 0 amide bonds. The molecule has 0 bridgehead atoms. The number of nitrogens with one attached hydrogen (secondary N) is 1. The van der Waals surface area contributed by atoms with Crippen LogP contribution in [0.4, 0.5) is 15.9 Å². The van der Waals surface area contributed by atoms with Gasteiger partial charge in [-0.15, -0.1) is 0 Å². The monoisotopic (exact) mass is 499 g/mol. The summed E-state index contributed by atoms with van der Waals surface area (Å²) in [7, 11) is 3.83. The number of ether oxygens (including phenoxy) is 2. The van der Waals surface area contributed by atoms with Crippen molar-refractivity contribution in [3.8, 4) is 11.5 Å². The number of aromatic nitrogens is 2. The molecule has 2 aliphatic heterocycles. The van der Waals surface area contributed by atoms with Crippen LogP contribution in [0.2, 0.25) is 5.02 Å². The molecule has 7 nitrogen and oxygen atoms in total. The highest BCUT2D eigenvalue weighted by atomic mass is 35.5. The molecule has 1 aromatic heterocycles. The van der Waals surface area contributed by atoms with Crippen LogP contribution in [-0.4, -0.2) is 73.3 Å². The molecule has 35 heavy (non-hydrogen) atoms. The molecule has 0 aliphatic carbocycles. The van der Waals surface area contributed by atoms with E-state index in [4.69, 9.17) is 21.1 Å². The molecule has 1 atom stereocenters. The predicted molar refractivity (Wildman–Crippen MR) is 136 cm³/mol. The van der Waals surface area contributed by atoms with Gasteiger partial charge in [0.1, 0.15) is 18.0 Å². The summed E-state index contributed by atoms with van der Waals surface area (Å²) in [5.41, 5.74) is 1.40. The largest absolute Gasteiger partial charge is 0.493 e. The van der Waals surface area contributed by atoms with Gasteiger partial charge >= 0.3 is 0 Å². The number of benzene rings is 2. The zero-order valence-electron chi connectivity index (χ0n) is 20.2. The molecule has 2 aromatic carbocycles. The topological polar surface area (TPSA) is 62.8 Å². The van der Waals surface area contributed by atoms with Gasteiger partial charge < -0.3 is 24.6 Å². The third-order valence-corrected chi connectivity index (χ3v) is 7.36. The molecule has 0 saturated carbocycles. The van der Waals surface area contributed by atoms with E-state index < -0.39 is 5.82 Å². The number of hydrogen-bond acceptors (Lipinski definition) is 7. The molecule has 1 unspecified atom stereocenters. The van der Waals surface area contributed by atoms with Crippen molar-refractivity contribution in [2.24, 2.45) is 5.41 Å². The third kappa shape index (κ3) is 5.29. The Kier molecular flexibility index (Phi) is 6.95. The Morgan fingerprint density at radius 3 is 2.77 bits per heavy atom. The number of anilines is 2. The minimum absolute atomic E-state index is 0.243. The van der Waals surface area contributed by atoms with E-state index in [1.807, 2.05) is 12.1 Å². The first kappa shape index (κ1) is 24.0. The molecule has 2 saturated heterocycles. The summed E-state index contributed by atoms with van der Waals surface area (Å²) in [5.74, 6) is 1.26. The fourth-order valence-corrected chi connectivity index (χ4v) is 5.51. The molecule has 0 radical (unpaired) electrons. The molecule has 1 spiro atoms. The lowest BCUT2D eigenvalue weighted by Gasteiger charge is -2.24. The summed E-state index contributed by atoms with van der Waals surface area (Å²) in [6.07, 6.45) is 4.96. The second-order valence-corrected chi connectivity index (χ2v) is 10.1. The van der Waals surface area contributed by atoms with E-state index in [1.165, 1.54) is 63.5 Å². The van der Waals surface area contributed by atoms with Gasteiger partial charge in [-0.05, 0) is 69.1 Å². The average Bonchev–Trinajstić information content (AvgIpc) is 3.43. The first-order valence-electron chi connectivity index (χ1n) is 12.0. The van der Waals surface area contributed by atoms with Crippen molar-refractivity contribution in [3.63, 3.8) is 0 Å². The number of fused-ring (bicyclic) bond motifs is 1. The quantitative estimate of drug-likeness (QED) is 0.439. The van der Waals surface area contributed by atoms with E-state index in [0.717, 1.165) is 13.0 Å². The average molecular weight is 500 g/mol. The van der Waals surface area contributed by atoms with Crippen LogP contribution in [0.1, 0.15) is 19.3 Å². The summed E-state index contributed by atoms with van der Waals surface area (Å²) < 4.78 is 26.0. The highest BCUT2D eigenvalue weighted by molar-refractivity contribution is 6.30. The van der Waals surface area contributed by atoms with Gasteiger partial charge in [-0.2, -0.15) is 0 Å². The first-order chi connectivity index (χ1) is 16.9. The van der Waals surface area contributed by atoms with Crippen LogP contribution in [-0.2, 0) is 0 Å². The molecule has 1 N–H and O–H groups in total. The van der Waals surface area contributed by atoms with Crippen molar-refractivity contribution in [2.45, 2.75) is 19.3 Å². The number of hydrogen-bond donors (Lipinski definition) is 1. The standard InChI is InChI=1S/C26H31ClFN5O2/c1-32-9-6-26(15-32)7-10-33(16-26)8-3-11-35-24-13-19-21(14-23(24)34-2)29-17-30-25(19)31-22-12-18(27)4-5-20(22)28/h4-5,12-14,17H,3,6-11,15-16H2,1-2H3,(H,29,30,31). The fraction of sp³-hybridized carbons (Fsp3) is 0.462. The van der Waals surface area contributed by atoms with E-state index in [1.54, 1.807) is 7.11 Å². The van der Waals surface area contributed by atoms with Crippen molar-refractivity contribution in [1.82, 2.24) is 19.8 Å². The van der Waals surface area contributed by atoms with Crippen molar-refractivity contribution in [2.75, 3.05) is 58.8 Å². The van der Waals surface area contributed by atoms with Crippen molar-refractivity contribution < 1.29 is 13.9 Å². The van der Waals surface area contributed by atoms with Crippen molar-refractivity contribution in [1.29, 1.82) is 0 Å². The molecule has 3 aromatic rings. The second kappa shape index (κ2) is 10.1. The Morgan fingerprint density at radius 2 is 1.97 bits per heavy atom. The molecule has 9 heteroatoms. The van der Waals surface area contributed by atoms with E-state index in [2.05, 4.69) is 32.1 Å². The maximum Gasteiger partial charge on any atom is 0.162 e. The number of likely N-dealkylation sites (tertiary alicyclic amines) is 2.